The number of hydrogen-bond acceptors (Lipinski definition) is 2. The number of carbonyl (C=O) groups excluding carboxylic acids is 1. The van der Waals surface area contributed by atoms with Gasteiger partial charge in [-0.3, -0.25) is 4.79 Å². The lowest BCUT2D eigenvalue weighted by Gasteiger charge is -2.28. The molecule has 0 saturated heterocycles. The van der Waals surface area contributed by atoms with Gasteiger partial charge in [0.1, 0.15) is 6.04 Å². The maximum atomic E-state index is 12.4. The fraction of sp³-hybridized carbons (Fsp3) is 0.500. The number of aryl methyl sites for hydroxylation is 3. The van der Waals surface area contributed by atoms with Crippen LogP contribution >= 0.6 is 0 Å². The van der Waals surface area contributed by atoms with Gasteiger partial charge in [0, 0.05) is 5.56 Å². The molecule has 2 N–H and O–H groups in total. The second-order valence-corrected chi connectivity index (χ2v) is 6.38. The van der Waals surface area contributed by atoms with Crippen molar-refractivity contribution >= 4 is 11.9 Å². The number of amides is 1. The summed E-state index contributed by atoms with van der Waals surface area (Å²) in [6, 6.07) is 2.93. The van der Waals surface area contributed by atoms with Gasteiger partial charge in [-0.15, -0.1) is 0 Å². The lowest BCUT2D eigenvalue weighted by Crippen LogP contribution is -2.49. The highest BCUT2D eigenvalue weighted by Crippen LogP contribution is 2.21. The monoisotopic (exact) mass is 277 g/mol. The average Bonchev–Trinajstić information content (AvgIpc) is 2.22. The van der Waals surface area contributed by atoms with E-state index in [2.05, 4.69) is 5.32 Å². The van der Waals surface area contributed by atoms with E-state index in [4.69, 9.17) is 0 Å². The van der Waals surface area contributed by atoms with E-state index in [-0.39, 0.29) is 5.91 Å². The van der Waals surface area contributed by atoms with Gasteiger partial charge in [-0.05, 0) is 37.3 Å². The van der Waals surface area contributed by atoms with E-state index in [9.17, 15) is 14.7 Å². The molecule has 0 unspecified atom stereocenters. The van der Waals surface area contributed by atoms with Crippen LogP contribution in [0.5, 0.6) is 0 Å². The molecule has 0 bridgehead atoms. The maximum absolute atomic E-state index is 12.4. The van der Waals surface area contributed by atoms with E-state index in [1.165, 1.54) is 0 Å². The Morgan fingerprint density at radius 2 is 1.55 bits per heavy atom. The van der Waals surface area contributed by atoms with Crippen LogP contribution in [-0.4, -0.2) is 23.0 Å². The molecule has 4 nitrogen and oxygen atoms in total. The van der Waals surface area contributed by atoms with Crippen molar-refractivity contribution < 1.29 is 14.7 Å². The van der Waals surface area contributed by atoms with Crippen LogP contribution in [0.4, 0.5) is 0 Å². The molecule has 1 atom stereocenters. The third-order valence-electron chi connectivity index (χ3n) is 3.29. The van der Waals surface area contributed by atoms with Crippen LogP contribution in [0.2, 0.25) is 0 Å². The Morgan fingerprint density at radius 1 is 1.10 bits per heavy atom. The van der Waals surface area contributed by atoms with Crippen LogP contribution in [-0.2, 0) is 4.79 Å². The van der Waals surface area contributed by atoms with Crippen molar-refractivity contribution in [1.29, 1.82) is 0 Å². The number of carbonyl (C=O) groups is 2. The van der Waals surface area contributed by atoms with E-state index in [1.807, 2.05) is 32.9 Å². The predicted octanol–water partition coefficient (Wildman–Crippen LogP) is 2.84. The summed E-state index contributed by atoms with van der Waals surface area (Å²) in [6.07, 6.45) is 0. The molecule has 0 aliphatic rings. The first-order chi connectivity index (χ1) is 9.04. The molecular weight excluding hydrogens is 254 g/mol. The molecule has 0 saturated carbocycles. The van der Waals surface area contributed by atoms with Crippen LogP contribution in [0.15, 0.2) is 12.1 Å². The van der Waals surface area contributed by atoms with Crippen molar-refractivity contribution in [3.63, 3.8) is 0 Å². The van der Waals surface area contributed by atoms with E-state index < -0.39 is 17.4 Å². The Labute approximate surface area is 120 Å². The van der Waals surface area contributed by atoms with Crippen molar-refractivity contribution in [3.8, 4) is 0 Å². The van der Waals surface area contributed by atoms with Gasteiger partial charge in [0.2, 0.25) is 0 Å². The lowest BCUT2D eigenvalue weighted by atomic mass is 9.86. The number of carboxylic acid groups (broad SMARTS) is 1. The summed E-state index contributed by atoms with van der Waals surface area (Å²) in [6.45, 7) is 11.1. The normalized spacial score (nSPS) is 12.9. The van der Waals surface area contributed by atoms with Gasteiger partial charge in [0.15, 0.2) is 0 Å². The quantitative estimate of drug-likeness (QED) is 0.892. The summed E-state index contributed by atoms with van der Waals surface area (Å²) in [5.74, 6) is -1.35. The van der Waals surface area contributed by atoms with Gasteiger partial charge in [-0.1, -0.05) is 38.5 Å². The Morgan fingerprint density at radius 3 is 1.90 bits per heavy atom. The molecule has 1 rings (SSSR count). The number of aliphatic carboxylic acids is 1. The summed E-state index contributed by atoms with van der Waals surface area (Å²) in [7, 11) is 0. The van der Waals surface area contributed by atoms with Crippen molar-refractivity contribution in [1.82, 2.24) is 5.32 Å². The number of hydrogen-bond donors (Lipinski definition) is 2. The highest BCUT2D eigenvalue weighted by atomic mass is 16.4. The fourth-order valence-electron chi connectivity index (χ4n) is 2.39. The topological polar surface area (TPSA) is 66.4 Å². The number of carboxylic acids is 1. The van der Waals surface area contributed by atoms with Gasteiger partial charge in [0.05, 0.1) is 0 Å². The SMILES string of the molecule is Cc1cc(C)c(C(=O)N[C@@H](C(=O)O)C(C)(C)C)c(C)c1. The van der Waals surface area contributed by atoms with Crippen LogP contribution in [0, 0.1) is 26.2 Å². The second-order valence-electron chi connectivity index (χ2n) is 6.38. The number of nitrogens with one attached hydrogen (secondary N) is 1. The van der Waals surface area contributed by atoms with Gasteiger partial charge < -0.3 is 10.4 Å². The molecule has 1 aromatic carbocycles. The highest BCUT2D eigenvalue weighted by molar-refractivity contribution is 5.99. The molecule has 20 heavy (non-hydrogen) atoms. The van der Waals surface area contributed by atoms with Crippen LogP contribution in [0.1, 0.15) is 47.8 Å². The fourth-order valence-corrected chi connectivity index (χ4v) is 2.39. The second kappa shape index (κ2) is 5.65. The first-order valence-corrected chi connectivity index (χ1v) is 6.65. The number of benzene rings is 1. The molecule has 0 aliphatic carbocycles. The van der Waals surface area contributed by atoms with Gasteiger partial charge >= 0.3 is 5.97 Å². The average molecular weight is 277 g/mol. The Kier molecular flexibility index (Phi) is 4.58. The predicted molar refractivity (Wildman–Crippen MR) is 79.0 cm³/mol. The molecule has 0 aliphatic heterocycles. The molecule has 4 heteroatoms. The molecule has 1 aromatic rings. The third-order valence-corrected chi connectivity index (χ3v) is 3.29. The lowest BCUT2D eigenvalue weighted by molar-refractivity contribution is -0.142. The van der Waals surface area contributed by atoms with E-state index >= 15 is 0 Å². The zero-order chi connectivity index (χ0) is 15.7. The van der Waals surface area contributed by atoms with Gasteiger partial charge in [-0.25, -0.2) is 4.79 Å². The van der Waals surface area contributed by atoms with Crippen molar-refractivity contribution in [3.05, 3.63) is 34.4 Å². The molecule has 0 heterocycles. The van der Waals surface area contributed by atoms with Crippen LogP contribution in [0.25, 0.3) is 0 Å². The first-order valence-electron chi connectivity index (χ1n) is 6.65. The molecule has 0 aromatic heterocycles. The minimum Gasteiger partial charge on any atom is -0.480 e. The van der Waals surface area contributed by atoms with E-state index in [1.54, 1.807) is 20.8 Å². The van der Waals surface area contributed by atoms with Crippen LogP contribution < -0.4 is 5.32 Å². The molecule has 0 fully saturated rings. The minimum atomic E-state index is -1.02. The van der Waals surface area contributed by atoms with E-state index in [0.29, 0.717) is 5.56 Å². The Hall–Kier alpha value is -1.84. The van der Waals surface area contributed by atoms with Gasteiger partial charge in [-0.2, -0.15) is 0 Å². The van der Waals surface area contributed by atoms with Crippen molar-refractivity contribution in [2.75, 3.05) is 0 Å². The largest absolute Gasteiger partial charge is 0.480 e. The molecular formula is C16H23NO3. The summed E-state index contributed by atoms with van der Waals surface area (Å²) >= 11 is 0. The maximum Gasteiger partial charge on any atom is 0.326 e. The number of rotatable bonds is 3. The molecule has 0 radical (unpaired) electrons. The minimum absolute atomic E-state index is 0.331. The molecule has 0 spiro atoms. The van der Waals surface area contributed by atoms with E-state index in [0.717, 1.165) is 16.7 Å². The first kappa shape index (κ1) is 16.2. The smallest absolute Gasteiger partial charge is 0.326 e. The molecule has 1 amide bonds. The van der Waals surface area contributed by atoms with Crippen molar-refractivity contribution in [2.45, 2.75) is 47.6 Å². The standard InChI is InChI=1S/C16H23NO3/c1-9-7-10(2)12(11(3)8-9)14(18)17-13(15(19)20)16(4,5)6/h7-8,13H,1-6H3,(H,17,18)(H,19,20)/t13-/m0/s1. The summed E-state index contributed by atoms with van der Waals surface area (Å²) in [4.78, 5) is 23.7. The highest BCUT2D eigenvalue weighted by Gasteiger charge is 2.33. The zero-order valence-electron chi connectivity index (χ0n) is 13.0. The summed E-state index contributed by atoms with van der Waals surface area (Å²) < 4.78 is 0. The molecule has 110 valence electrons. The van der Waals surface area contributed by atoms with Gasteiger partial charge in [0.25, 0.3) is 5.91 Å². The zero-order valence-corrected chi connectivity index (χ0v) is 13.0. The van der Waals surface area contributed by atoms with Crippen molar-refractivity contribution in [2.24, 2.45) is 5.41 Å². The Bertz CT molecular complexity index is 518. The summed E-state index contributed by atoms with van der Waals surface area (Å²) in [5, 5.41) is 11.9. The Balaban J connectivity index is 3.11. The van der Waals surface area contributed by atoms with Crippen LogP contribution in [0.3, 0.4) is 0 Å². The third kappa shape index (κ3) is 3.59. The summed E-state index contributed by atoms with van der Waals surface area (Å²) in [5.41, 5.74) is 2.82.